The van der Waals surface area contributed by atoms with Gasteiger partial charge in [-0.15, -0.1) is 0 Å². The van der Waals surface area contributed by atoms with Crippen LogP contribution >= 0.6 is 31.9 Å². The van der Waals surface area contributed by atoms with Gasteiger partial charge in [0.1, 0.15) is 0 Å². The zero-order valence-corrected chi connectivity index (χ0v) is 14.7. The summed E-state index contributed by atoms with van der Waals surface area (Å²) in [6.07, 6.45) is 0. The number of nitro groups is 2. The van der Waals surface area contributed by atoms with Crippen LogP contribution in [0.4, 0.5) is 11.4 Å². The molecule has 23 heavy (non-hydrogen) atoms. The first-order chi connectivity index (χ1) is 10.9. The Hall–Kier alpha value is -1.84. The Morgan fingerprint density at radius 3 is 1.57 bits per heavy atom. The molecule has 0 aliphatic rings. The Morgan fingerprint density at radius 2 is 1.22 bits per heavy atom. The van der Waals surface area contributed by atoms with Crippen LogP contribution in [0.5, 0.6) is 0 Å². The summed E-state index contributed by atoms with van der Waals surface area (Å²) in [6, 6.07) is 9.29. The van der Waals surface area contributed by atoms with Crippen LogP contribution in [0.25, 0.3) is 0 Å². The number of rotatable bonds is 6. The molecule has 0 radical (unpaired) electrons. The van der Waals surface area contributed by atoms with Crippen LogP contribution < -0.4 is 0 Å². The van der Waals surface area contributed by atoms with E-state index >= 15 is 0 Å². The van der Waals surface area contributed by atoms with Gasteiger partial charge in [-0.05, 0) is 24.3 Å². The van der Waals surface area contributed by atoms with Crippen molar-refractivity contribution < 1.29 is 14.6 Å². The van der Waals surface area contributed by atoms with Gasteiger partial charge in [-0.3, -0.25) is 20.2 Å². The minimum absolute atomic E-state index is 0.0171. The van der Waals surface area contributed by atoms with Gasteiger partial charge in [-0.2, -0.15) is 0 Å². The molecule has 2 aromatic rings. The second kappa shape index (κ2) is 7.62. The third kappa shape index (κ3) is 4.57. The fourth-order valence-electron chi connectivity index (χ4n) is 1.93. The van der Waals surface area contributed by atoms with E-state index in [0.29, 0.717) is 20.1 Å². The first-order valence-corrected chi connectivity index (χ1v) is 7.90. The molecule has 9 heteroatoms. The standard InChI is InChI=1S/C14H10Br2N2O5/c15-11-3-1-9(13(5-11)17(19)20)7-23-8-10-2-4-12(16)6-14(10)18(21)22/h1-6H,7-8H2. The molecule has 0 saturated carbocycles. The van der Waals surface area contributed by atoms with Crippen LogP contribution in [-0.4, -0.2) is 9.85 Å². The number of benzene rings is 2. The number of hydrogen-bond acceptors (Lipinski definition) is 5. The highest BCUT2D eigenvalue weighted by Gasteiger charge is 2.17. The molecule has 0 bridgehead atoms. The first kappa shape index (κ1) is 17.5. The third-order valence-corrected chi connectivity index (χ3v) is 3.99. The molecular formula is C14H10Br2N2O5. The Morgan fingerprint density at radius 1 is 0.826 bits per heavy atom. The Bertz CT molecular complexity index is 703. The average molecular weight is 446 g/mol. The molecule has 120 valence electrons. The average Bonchev–Trinajstić information content (AvgIpc) is 2.49. The van der Waals surface area contributed by atoms with Crippen molar-refractivity contribution in [3.05, 3.63) is 76.7 Å². The van der Waals surface area contributed by atoms with Crippen molar-refractivity contribution >= 4 is 43.2 Å². The molecule has 0 N–H and O–H groups in total. The minimum Gasteiger partial charge on any atom is -0.372 e. The molecule has 0 aromatic heterocycles. The van der Waals surface area contributed by atoms with Gasteiger partial charge in [-0.25, -0.2) is 0 Å². The van der Waals surface area contributed by atoms with Crippen molar-refractivity contribution in [3.63, 3.8) is 0 Å². The summed E-state index contributed by atoms with van der Waals surface area (Å²) in [7, 11) is 0. The molecule has 7 nitrogen and oxygen atoms in total. The summed E-state index contributed by atoms with van der Waals surface area (Å²) < 4.78 is 6.62. The highest BCUT2D eigenvalue weighted by atomic mass is 79.9. The third-order valence-electron chi connectivity index (χ3n) is 3.00. The Balaban J connectivity index is 2.12. The van der Waals surface area contributed by atoms with Crippen LogP contribution in [0.15, 0.2) is 45.3 Å². The maximum Gasteiger partial charge on any atom is 0.276 e. The Labute approximate surface area is 147 Å². The molecule has 0 atom stereocenters. The fraction of sp³-hybridized carbons (Fsp3) is 0.143. The van der Waals surface area contributed by atoms with E-state index < -0.39 is 9.85 Å². The van der Waals surface area contributed by atoms with Gasteiger partial charge in [0.25, 0.3) is 11.4 Å². The maximum absolute atomic E-state index is 11.0. The lowest BCUT2D eigenvalue weighted by atomic mass is 10.2. The van der Waals surface area contributed by atoms with Gasteiger partial charge < -0.3 is 4.74 Å². The van der Waals surface area contributed by atoms with Crippen molar-refractivity contribution in [3.8, 4) is 0 Å². The lowest BCUT2D eigenvalue weighted by Crippen LogP contribution is -2.01. The summed E-state index contributed by atoms with van der Waals surface area (Å²) in [6.45, 7) is -0.0341. The zero-order valence-electron chi connectivity index (χ0n) is 11.6. The monoisotopic (exact) mass is 444 g/mol. The van der Waals surface area contributed by atoms with E-state index in [-0.39, 0.29) is 24.6 Å². The number of ether oxygens (including phenoxy) is 1. The molecule has 0 spiro atoms. The van der Waals surface area contributed by atoms with Crippen LogP contribution in [0.1, 0.15) is 11.1 Å². The van der Waals surface area contributed by atoms with Gasteiger partial charge in [0, 0.05) is 21.1 Å². The second-order valence-corrected chi connectivity index (χ2v) is 6.38. The van der Waals surface area contributed by atoms with Gasteiger partial charge in [0.2, 0.25) is 0 Å². The van der Waals surface area contributed by atoms with Gasteiger partial charge in [-0.1, -0.05) is 31.9 Å². The van der Waals surface area contributed by atoms with Crippen molar-refractivity contribution in [1.29, 1.82) is 0 Å². The second-order valence-electron chi connectivity index (χ2n) is 4.55. The molecular weight excluding hydrogens is 436 g/mol. The van der Waals surface area contributed by atoms with E-state index in [1.54, 1.807) is 24.3 Å². The van der Waals surface area contributed by atoms with Crippen molar-refractivity contribution in [2.75, 3.05) is 0 Å². The van der Waals surface area contributed by atoms with Gasteiger partial charge in [0.05, 0.1) is 34.2 Å². The summed E-state index contributed by atoms with van der Waals surface area (Å²) >= 11 is 6.35. The molecule has 0 saturated heterocycles. The highest BCUT2D eigenvalue weighted by Crippen LogP contribution is 2.27. The van der Waals surface area contributed by atoms with E-state index in [9.17, 15) is 20.2 Å². The molecule has 0 amide bonds. The van der Waals surface area contributed by atoms with E-state index in [2.05, 4.69) is 31.9 Å². The number of nitro benzene ring substituents is 2. The van der Waals surface area contributed by atoms with E-state index in [0.717, 1.165) is 0 Å². The number of nitrogens with zero attached hydrogens (tertiary/aromatic N) is 2. The molecule has 0 heterocycles. The molecule has 2 rings (SSSR count). The number of hydrogen-bond donors (Lipinski definition) is 0. The predicted octanol–water partition coefficient (Wildman–Crippen LogP) is 4.74. The Kier molecular flexibility index (Phi) is 5.80. The van der Waals surface area contributed by atoms with Gasteiger partial charge >= 0.3 is 0 Å². The number of halogens is 2. The minimum atomic E-state index is -0.495. The van der Waals surface area contributed by atoms with Crippen molar-refractivity contribution in [2.24, 2.45) is 0 Å². The maximum atomic E-state index is 11.0. The normalized spacial score (nSPS) is 10.5. The van der Waals surface area contributed by atoms with Crippen LogP contribution in [0.2, 0.25) is 0 Å². The smallest absolute Gasteiger partial charge is 0.276 e. The quantitative estimate of drug-likeness (QED) is 0.472. The SMILES string of the molecule is O=[N+]([O-])c1cc(Br)ccc1COCc1ccc(Br)cc1[N+](=O)[O-]. The predicted molar refractivity (Wildman–Crippen MR) is 90.1 cm³/mol. The highest BCUT2D eigenvalue weighted by molar-refractivity contribution is 9.10. The first-order valence-electron chi connectivity index (χ1n) is 6.32. The van der Waals surface area contributed by atoms with E-state index in [1.165, 1.54) is 12.1 Å². The zero-order chi connectivity index (χ0) is 17.0. The molecule has 0 fully saturated rings. The van der Waals surface area contributed by atoms with E-state index in [4.69, 9.17) is 4.74 Å². The lowest BCUT2D eigenvalue weighted by molar-refractivity contribution is -0.386. The van der Waals surface area contributed by atoms with Crippen LogP contribution in [0.3, 0.4) is 0 Å². The van der Waals surface area contributed by atoms with Gasteiger partial charge in [0.15, 0.2) is 0 Å². The summed E-state index contributed by atoms with van der Waals surface area (Å²) in [5, 5.41) is 22.0. The lowest BCUT2D eigenvalue weighted by Gasteiger charge is -2.07. The topological polar surface area (TPSA) is 95.5 Å². The molecule has 2 aromatic carbocycles. The van der Waals surface area contributed by atoms with Crippen molar-refractivity contribution in [1.82, 2.24) is 0 Å². The fourth-order valence-corrected chi connectivity index (χ4v) is 2.63. The summed E-state index contributed by atoms with van der Waals surface area (Å²) in [5.41, 5.74) is 0.672. The van der Waals surface area contributed by atoms with E-state index in [1.807, 2.05) is 0 Å². The molecule has 0 aliphatic heterocycles. The van der Waals surface area contributed by atoms with Crippen LogP contribution in [0, 0.1) is 20.2 Å². The largest absolute Gasteiger partial charge is 0.372 e. The molecule has 0 unspecified atom stereocenters. The molecule has 0 aliphatic carbocycles. The van der Waals surface area contributed by atoms with Crippen molar-refractivity contribution in [2.45, 2.75) is 13.2 Å². The summed E-state index contributed by atoms with van der Waals surface area (Å²) in [5.74, 6) is 0. The summed E-state index contributed by atoms with van der Waals surface area (Å²) in [4.78, 5) is 21.1. The van der Waals surface area contributed by atoms with Crippen LogP contribution in [-0.2, 0) is 18.0 Å².